The Morgan fingerprint density at radius 3 is 2.67 bits per heavy atom. The number of aliphatic imine (C=N–C) groups is 1. The predicted octanol–water partition coefficient (Wildman–Crippen LogP) is 1.71. The normalized spacial score (nSPS) is 20.3. The number of nitrogens with one attached hydrogen (secondary N) is 2. The van der Waals surface area contributed by atoms with Gasteiger partial charge in [0, 0.05) is 50.5 Å². The van der Waals surface area contributed by atoms with E-state index in [1.807, 2.05) is 0 Å². The molecule has 0 radical (unpaired) electrons. The molecule has 3 rings (SSSR count). The van der Waals surface area contributed by atoms with Crippen LogP contribution >= 0.6 is 0 Å². The van der Waals surface area contributed by atoms with E-state index in [9.17, 15) is 0 Å². The molecule has 2 atom stereocenters. The Balaban J connectivity index is 1.51. The fourth-order valence-electron chi connectivity index (χ4n) is 3.88. The molecule has 150 valence electrons. The molecule has 1 fully saturated rings. The van der Waals surface area contributed by atoms with E-state index in [2.05, 4.69) is 65.5 Å². The summed E-state index contributed by atoms with van der Waals surface area (Å²) in [6, 6.07) is 9.62. The fraction of sp³-hybridized carbons (Fsp3) is 0.667. The van der Waals surface area contributed by atoms with Crippen LogP contribution in [0.4, 0.5) is 5.69 Å². The Kier molecular flexibility index (Phi) is 7.35. The molecule has 0 aromatic heterocycles. The average Bonchev–Trinajstić information content (AvgIpc) is 3.14. The Bertz CT molecular complexity index is 614. The number of para-hydroxylation sites is 1. The number of guanidine groups is 1. The molecule has 2 aliphatic heterocycles. The van der Waals surface area contributed by atoms with Crippen molar-refractivity contribution >= 4 is 11.6 Å². The van der Waals surface area contributed by atoms with Gasteiger partial charge in [0.1, 0.15) is 0 Å². The first kappa shape index (κ1) is 20.0. The summed E-state index contributed by atoms with van der Waals surface area (Å²) in [6.45, 7) is 14.0. The zero-order valence-corrected chi connectivity index (χ0v) is 17.1. The Labute approximate surface area is 164 Å². The van der Waals surface area contributed by atoms with Gasteiger partial charge in [0.15, 0.2) is 5.96 Å². The van der Waals surface area contributed by atoms with Crippen LogP contribution in [-0.2, 0) is 11.2 Å². The number of rotatable bonds is 7. The minimum absolute atomic E-state index is 0.425. The summed E-state index contributed by atoms with van der Waals surface area (Å²) in [5.41, 5.74) is 2.85. The molecule has 27 heavy (non-hydrogen) atoms. The van der Waals surface area contributed by atoms with Crippen LogP contribution in [-0.4, -0.2) is 75.4 Å². The molecule has 1 saturated heterocycles. The van der Waals surface area contributed by atoms with Gasteiger partial charge in [0.2, 0.25) is 0 Å². The largest absolute Gasteiger partial charge is 0.379 e. The summed E-state index contributed by atoms with van der Waals surface area (Å²) >= 11 is 0. The van der Waals surface area contributed by atoms with Gasteiger partial charge in [-0.05, 0) is 38.8 Å². The van der Waals surface area contributed by atoms with Gasteiger partial charge in [-0.3, -0.25) is 9.89 Å². The summed E-state index contributed by atoms with van der Waals surface area (Å²) in [4.78, 5) is 9.79. The summed E-state index contributed by atoms with van der Waals surface area (Å²) in [5, 5.41) is 6.92. The van der Waals surface area contributed by atoms with Crippen molar-refractivity contribution < 1.29 is 4.74 Å². The van der Waals surface area contributed by atoms with Crippen molar-refractivity contribution in [3.8, 4) is 0 Å². The van der Waals surface area contributed by atoms with E-state index in [1.165, 1.54) is 11.3 Å². The van der Waals surface area contributed by atoms with Crippen molar-refractivity contribution in [3.05, 3.63) is 29.8 Å². The summed E-state index contributed by atoms with van der Waals surface area (Å²) < 4.78 is 5.45. The SMILES string of the molecule is CCNC(=NCC(C)N1CCOCC1)NCC(C)N1CCc2ccccc21. The maximum absolute atomic E-state index is 5.45. The lowest BCUT2D eigenvalue weighted by Crippen LogP contribution is -2.47. The van der Waals surface area contributed by atoms with Crippen molar-refractivity contribution in [1.82, 2.24) is 15.5 Å². The number of hydrogen-bond donors (Lipinski definition) is 2. The maximum Gasteiger partial charge on any atom is 0.191 e. The molecule has 6 heteroatoms. The van der Waals surface area contributed by atoms with E-state index in [-0.39, 0.29) is 0 Å². The highest BCUT2D eigenvalue weighted by Crippen LogP contribution is 2.28. The number of hydrogen-bond acceptors (Lipinski definition) is 4. The first-order valence-electron chi connectivity index (χ1n) is 10.4. The summed E-state index contributed by atoms with van der Waals surface area (Å²) in [5.74, 6) is 0.914. The first-order valence-corrected chi connectivity index (χ1v) is 10.4. The highest BCUT2D eigenvalue weighted by atomic mass is 16.5. The topological polar surface area (TPSA) is 52.1 Å². The molecular formula is C21H35N5O. The number of ether oxygens (including phenoxy) is 1. The van der Waals surface area contributed by atoms with Gasteiger partial charge in [-0.2, -0.15) is 0 Å². The molecule has 0 aliphatic carbocycles. The van der Waals surface area contributed by atoms with E-state index in [0.717, 1.165) is 64.9 Å². The van der Waals surface area contributed by atoms with Crippen LogP contribution in [0.2, 0.25) is 0 Å². The zero-order chi connectivity index (χ0) is 19.1. The molecule has 0 spiro atoms. The van der Waals surface area contributed by atoms with E-state index in [0.29, 0.717) is 12.1 Å². The van der Waals surface area contributed by atoms with Crippen LogP contribution in [0.15, 0.2) is 29.3 Å². The van der Waals surface area contributed by atoms with E-state index < -0.39 is 0 Å². The lowest BCUT2D eigenvalue weighted by Gasteiger charge is -2.31. The van der Waals surface area contributed by atoms with E-state index in [4.69, 9.17) is 9.73 Å². The highest BCUT2D eigenvalue weighted by Gasteiger charge is 2.23. The van der Waals surface area contributed by atoms with Gasteiger partial charge >= 0.3 is 0 Å². The Morgan fingerprint density at radius 2 is 1.89 bits per heavy atom. The van der Waals surface area contributed by atoms with Gasteiger partial charge < -0.3 is 20.3 Å². The zero-order valence-electron chi connectivity index (χ0n) is 17.1. The molecular weight excluding hydrogens is 338 g/mol. The van der Waals surface area contributed by atoms with Crippen molar-refractivity contribution in [2.45, 2.75) is 39.3 Å². The number of benzene rings is 1. The van der Waals surface area contributed by atoms with Gasteiger partial charge in [-0.1, -0.05) is 18.2 Å². The quantitative estimate of drug-likeness (QED) is 0.563. The van der Waals surface area contributed by atoms with Crippen molar-refractivity contribution in [3.63, 3.8) is 0 Å². The van der Waals surface area contributed by atoms with Crippen LogP contribution in [0.5, 0.6) is 0 Å². The Hall–Kier alpha value is -1.79. The molecule has 6 nitrogen and oxygen atoms in total. The van der Waals surface area contributed by atoms with E-state index >= 15 is 0 Å². The minimum atomic E-state index is 0.425. The molecule has 1 aromatic carbocycles. The molecule has 1 aromatic rings. The predicted molar refractivity (Wildman–Crippen MR) is 113 cm³/mol. The van der Waals surface area contributed by atoms with Gasteiger partial charge in [0.25, 0.3) is 0 Å². The third-order valence-corrected chi connectivity index (χ3v) is 5.55. The highest BCUT2D eigenvalue weighted by molar-refractivity contribution is 5.79. The minimum Gasteiger partial charge on any atom is -0.379 e. The number of fused-ring (bicyclic) bond motifs is 1. The molecule has 2 unspecified atom stereocenters. The monoisotopic (exact) mass is 373 g/mol. The third kappa shape index (κ3) is 5.36. The van der Waals surface area contributed by atoms with Crippen LogP contribution in [0, 0.1) is 0 Å². The summed E-state index contributed by atoms with van der Waals surface area (Å²) in [7, 11) is 0. The first-order chi connectivity index (χ1) is 13.2. The van der Waals surface area contributed by atoms with Gasteiger partial charge in [0.05, 0.1) is 19.8 Å². The fourth-order valence-corrected chi connectivity index (χ4v) is 3.88. The number of nitrogens with zero attached hydrogens (tertiary/aromatic N) is 3. The smallest absolute Gasteiger partial charge is 0.191 e. The molecule has 0 bridgehead atoms. The molecule has 2 heterocycles. The Morgan fingerprint density at radius 1 is 1.11 bits per heavy atom. The number of morpholine rings is 1. The van der Waals surface area contributed by atoms with Crippen LogP contribution < -0.4 is 15.5 Å². The van der Waals surface area contributed by atoms with Crippen molar-refractivity contribution in [1.29, 1.82) is 0 Å². The lowest BCUT2D eigenvalue weighted by molar-refractivity contribution is 0.0220. The average molecular weight is 374 g/mol. The maximum atomic E-state index is 5.45. The second-order valence-corrected chi connectivity index (χ2v) is 7.52. The molecule has 0 saturated carbocycles. The summed E-state index contributed by atoms with van der Waals surface area (Å²) in [6.07, 6.45) is 1.14. The van der Waals surface area contributed by atoms with Crippen molar-refractivity contribution in [2.75, 3.05) is 57.4 Å². The van der Waals surface area contributed by atoms with Gasteiger partial charge in [-0.15, -0.1) is 0 Å². The van der Waals surface area contributed by atoms with Crippen LogP contribution in [0.1, 0.15) is 26.3 Å². The molecule has 2 aliphatic rings. The van der Waals surface area contributed by atoms with Gasteiger partial charge in [-0.25, -0.2) is 0 Å². The van der Waals surface area contributed by atoms with Crippen LogP contribution in [0.25, 0.3) is 0 Å². The third-order valence-electron chi connectivity index (χ3n) is 5.55. The second-order valence-electron chi connectivity index (χ2n) is 7.52. The molecule has 0 amide bonds. The second kappa shape index (κ2) is 9.95. The van der Waals surface area contributed by atoms with E-state index in [1.54, 1.807) is 0 Å². The number of anilines is 1. The van der Waals surface area contributed by atoms with Crippen molar-refractivity contribution in [2.24, 2.45) is 4.99 Å². The standard InChI is InChI=1S/C21H35N5O/c1-4-22-21(23-15-17(2)25-11-13-27-14-12-25)24-16-18(3)26-10-9-19-7-5-6-8-20(19)26/h5-8,17-18H,4,9-16H2,1-3H3,(H2,22,23,24). The van der Waals surface area contributed by atoms with Crippen LogP contribution in [0.3, 0.4) is 0 Å². The lowest BCUT2D eigenvalue weighted by atomic mass is 10.2. The molecule has 2 N–H and O–H groups in total.